The normalized spacial score (nSPS) is 16.6. The van der Waals surface area contributed by atoms with Gasteiger partial charge in [-0.25, -0.2) is 0 Å². The first-order valence-corrected chi connectivity index (χ1v) is 9.30. The van der Waals surface area contributed by atoms with Crippen LogP contribution in [0, 0.1) is 5.92 Å². The molecule has 0 bridgehead atoms. The first kappa shape index (κ1) is 17.5. The number of amides is 2. The number of carbonyl (C=O) groups is 2. The standard InChI is InChI=1S/C20H23N5O2/c1-2-19(26)24-12-16(13-24)20(27)23-10-11-25-17(21-22-18(25)14-23)9-8-15-6-4-3-5-7-15/h2-7,16H,1,8-14H2. The van der Waals surface area contributed by atoms with E-state index in [1.807, 2.05) is 23.1 Å². The Morgan fingerprint density at radius 2 is 1.85 bits per heavy atom. The number of aryl methyl sites for hydroxylation is 2. The molecule has 1 fully saturated rings. The maximum Gasteiger partial charge on any atom is 0.246 e. The number of carbonyl (C=O) groups excluding carboxylic acids is 2. The first-order chi connectivity index (χ1) is 13.2. The molecule has 7 nitrogen and oxygen atoms in total. The van der Waals surface area contributed by atoms with E-state index in [1.54, 1.807) is 4.90 Å². The first-order valence-electron chi connectivity index (χ1n) is 9.30. The summed E-state index contributed by atoms with van der Waals surface area (Å²) < 4.78 is 2.14. The van der Waals surface area contributed by atoms with Gasteiger partial charge in [-0.1, -0.05) is 36.9 Å². The van der Waals surface area contributed by atoms with E-state index >= 15 is 0 Å². The van der Waals surface area contributed by atoms with Crippen LogP contribution in [-0.2, 0) is 35.5 Å². The second-order valence-electron chi connectivity index (χ2n) is 7.07. The summed E-state index contributed by atoms with van der Waals surface area (Å²) in [6.45, 7) is 6.32. The highest BCUT2D eigenvalue weighted by molar-refractivity contribution is 5.90. The van der Waals surface area contributed by atoms with Gasteiger partial charge in [0.05, 0.1) is 12.5 Å². The lowest BCUT2D eigenvalue weighted by Gasteiger charge is -2.40. The van der Waals surface area contributed by atoms with E-state index in [1.165, 1.54) is 11.6 Å². The quantitative estimate of drug-likeness (QED) is 0.743. The van der Waals surface area contributed by atoms with Crippen molar-refractivity contribution in [2.24, 2.45) is 5.92 Å². The Balaban J connectivity index is 1.34. The number of rotatable bonds is 5. The number of nitrogens with zero attached hydrogens (tertiary/aromatic N) is 5. The van der Waals surface area contributed by atoms with Crippen molar-refractivity contribution >= 4 is 11.8 Å². The summed E-state index contributed by atoms with van der Waals surface area (Å²) >= 11 is 0. The average molecular weight is 365 g/mol. The van der Waals surface area contributed by atoms with Gasteiger partial charge in [0.1, 0.15) is 5.82 Å². The molecule has 2 aliphatic heterocycles. The molecule has 0 saturated carbocycles. The second kappa shape index (κ2) is 7.34. The number of hydrogen-bond donors (Lipinski definition) is 0. The van der Waals surface area contributed by atoms with Gasteiger partial charge in [-0.15, -0.1) is 10.2 Å². The fourth-order valence-electron chi connectivity index (χ4n) is 3.69. The predicted molar refractivity (Wildman–Crippen MR) is 99.6 cm³/mol. The van der Waals surface area contributed by atoms with E-state index < -0.39 is 0 Å². The van der Waals surface area contributed by atoms with E-state index in [9.17, 15) is 9.59 Å². The van der Waals surface area contributed by atoms with Gasteiger partial charge in [0.15, 0.2) is 5.82 Å². The Morgan fingerprint density at radius 1 is 1.07 bits per heavy atom. The molecule has 27 heavy (non-hydrogen) atoms. The predicted octanol–water partition coefficient (Wildman–Crippen LogP) is 1.05. The lowest BCUT2D eigenvalue weighted by atomic mass is 9.98. The smallest absolute Gasteiger partial charge is 0.246 e. The maximum atomic E-state index is 12.7. The van der Waals surface area contributed by atoms with Crippen molar-refractivity contribution in [3.63, 3.8) is 0 Å². The third-order valence-electron chi connectivity index (χ3n) is 5.34. The number of fused-ring (bicyclic) bond motifs is 1. The van der Waals surface area contributed by atoms with Crippen LogP contribution in [0.5, 0.6) is 0 Å². The zero-order valence-electron chi connectivity index (χ0n) is 15.3. The Labute approximate surface area is 158 Å². The van der Waals surface area contributed by atoms with Crippen LogP contribution in [0.2, 0.25) is 0 Å². The van der Waals surface area contributed by atoms with Crippen LogP contribution >= 0.6 is 0 Å². The number of likely N-dealkylation sites (tertiary alicyclic amines) is 1. The van der Waals surface area contributed by atoms with Crippen LogP contribution < -0.4 is 0 Å². The summed E-state index contributed by atoms with van der Waals surface area (Å²) in [5.41, 5.74) is 1.28. The minimum absolute atomic E-state index is 0.100. The molecule has 0 unspecified atom stereocenters. The molecule has 7 heteroatoms. The number of benzene rings is 1. The molecule has 4 rings (SSSR count). The van der Waals surface area contributed by atoms with E-state index in [0.29, 0.717) is 26.2 Å². The molecule has 2 amide bonds. The van der Waals surface area contributed by atoms with Gasteiger partial charge in [-0.2, -0.15) is 0 Å². The van der Waals surface area contributed by atoms with Gasteiger partial charge < -0.3 is 14.4 Å². The van der Waals surface area contributed by atoms with E-state index in [2.05, 4.69) is 33.5 Å². The molecule has 0 atom stereocenters. The Bertz CT molecular complexity index is 855. The lowest BCUT2D eigenvalue weighted by Crippen LogP contribution is -2.56. The number of aromatic nitrogens is 3. The van der Waals surface area contributed by atoms with Crippen molar-refractivity contribution in [3.8, 4) is 0 Å². The summed E-state index contributed by atoms with van der Waals surface area (Å²) in [5, 5.41) is 8.65. The summed E-state index contributed by atoms with van der Waals surface area (Å²) in [6.07, 6.45) is 3.06. The van der Waals surface area contributed by atoms with Crippen molar-refractivity contribution in [3.05, 3.63) is 60.2 Å². The van der Waals surface area contributed by atoms with Gasteiger partial charge in [-0.05, 0) is 18.1 Å². The monoisotopic (exact) mass is 365 g/mol. The average Bonchev–Trinajstić information content (AvgIpc) is 3.08. The van der Waals surface area contributed by atoms with Crippen LogP contribution in [0.4, 0.5) is 0 Å². The van der Waals surface area contributed by atoms with Crippen LogP contribution in [0.25, 0.3) is 0 Å². The topological polar surface area (TPSA) is 71.3 Å². The van der Waals surface area contributed by atoms with Gasteiger partial charge in [0, 0.05) is 32.6 Å². The molecule has 2 aliphatic rings. The number of hydrogen-bond acceptors (Lipinski definition) is 4. The summed E-state index contributed by atoms with van der Waals surface area (Å²) in [4.78, 5) is 27.7. The SMILES string of the molecule is C=CC(=O)N1CC(C(=O)N2CCn3c(CCc4ccccc4)nnc3C2)C1. The Morgan fingerprint density at radius 3 is 2.59 bits per heavy atom. The van der Waals surface area contributed by atoms with Crippen molar-refractivity contribution in [1.29, 1.82) is 0 Å². The van der Waals surface area contributed by atoms with E-state index in [-0.39, 0.29) is 17.7 Å². The van der Waals surface area contributed by atoms with Crippen molar-refractivity contribution < 1.29 is 9.59 Å². The molecule has 0 aliphatic carbocycles. The van der Waals surface area contributed by atoms with Gasteiger partial charge in [0.25, 0.3) is 0 Å². The van der Waals surface area contributed by atoms with Crippen molar-refractivity contribution in [2.45, 2.75) is 25.9 Å². The third kappa shape index (κ3) is 3.49. The second-order valence-corrected chi connectivity index (χ2v) is 7.07. The highest BCUT2D eigenvalue weighted by atomic mass is 16.2. The van der Waals surface area contributed by atoms with Gasteiger partial charge >= 0.3 is 0 Å². The molecule has 0 N–H and O–H groups in total. The molecule has 2 aromatic rings. The van der Waals surface area contributed by atoms with Crippen LogP contribution in [0.3, 0.4) is 0 Å². The van der Waals surface area contributed by atoms with Gasteiger partial charge in [0.2, 0.25) is 11.8 Å². The van der Waals surface area contributed by atoms with Crippen LogP contribution in [-0.4, -0.2) is 56.0 Å². The summed E-state index contributed by atoms with van der Waals surface area (Å²) in [6, 6.07) is 10.3. The molecule has 1 saturated heterocycles. The fraction of sp³-hybridized carbons (Fsp3) is 0.400. The molecular formula is C20H23N5O2. The zero-order valence-corrected chi connectivity index (χ0v) is 15.3. The minimum Gasteiger partial charge on any atom is -0.337 e. The highest BCUT2D eigenvalue weighted by Crippen LogP contribution is 2.22. The molecule has 3 heterocycles. The van der Waals surface area contributed by atoms with Crippen LogP contribution in [0.15, 0.2) is 43.0 Å². The Kier molecular flexibility index (Phi) is 4.75. The minimum atomic E-state index is -0.111. The molecular weight excluding hydrogens is 342 g/mol. The lowest BCUT2D eigenvalue weighted by molar-refractivity contribution is -0.147. The van der Waals surface area contributed by atoms with E-state index in [4.69, 9.17) is 0 Å². The molecule has 0 spiro atoms. The summed E-state index contributed by atoms with van der Waals surface area (Å²) in [5.74, 6) is 1.70. The third-order valence-corrected chi connectivity index (χ3v) is 5.34. The Hall–Kier alpha value is -2.96. The van der Waals surface area contributed by atoms with E-state index in [0.717, 1.165) is 31.0 Å². The van der Waals surface area contributed by atoms with Gasteiger partial charge in [-0.3, -0.25) is 9.59 Å². The van der Waals surface area contributed by atoms with Crippen molar-refractivity contribution in [2.75, 3.05) is 19.6 Å². The highest BCUT2D eigenvalue weighted by Gasteiger charge is 2.38. The fourth-order valence-corrected chi connectivity index (χ4v) is 3.69. The molecule has 1 aromatic carbocycles. The molecule has 1 aromatic heterocycles. The van der Waals surface area contributed by atoms with Crippen molar-refractivity contribution in [1.82, 2.24) is 24.6 Å². The van der Waals surface area contributed by atoms with Crippen LogP contribution in [0.1, 0.15) is 17.2 Å². The summed E-state index contributed by atoms with van der Waals surface area (Å²) in [7, 11) is 0. The molecule has 0 radical (unpaired) electrons. The largest absolute Gasteiger partial charge is 0.337 e. The molecule has 140 valence electrons. The maximum absolute atomic E-state index is 12.7. The zero-order chi connectivity index (χ0) is 18.8.